The molecule has 0 aliphatic carbocycles. The van der Waals surface area contributed by atoms with Gasteiger partial charge in [-0.05, 0) is 25.4 Å². The van der Waals surface area contributed by atoms with Crippen molar-refractivity contribution in [2.45, 2.75) is 41.3 Å². The quantitative estimate of drug-likeness (QED) is 0.678. The van der Waals surface area contributed by atoms with Crippen molar-refractivity contribution in [3.63, 3.8) is 0 Å². The number of carbonyl (C=O) groups is 3. The fraction of sp³-hybridized carbons (Fsp3) is 0.429. The molecule has 12 heteroatoms. The molecule has 3 rings (SSSR count). The van der Waals surface area contributed by atoms with Crippen molar-refractivity contribution < 1.29 is 19.5 Å². The Labute approximate surface area is 161 Å². The Bertz CT molecular complexity index is 861. The Kier molecular flexibility index (Phi) is 5.22. The molecule has 26 heavy (non-hydrogen) atoms. The lowest BCUT2D eigenvalue weighted by molar-refractivity contribution is -0.150. The van der Waals surface area contributed by atoms with Crippen molar-refractivity contribution >= 4 is 52.8 Å². The number of nitrogens with one attached hydrogen (secondary N) is 1. The normalized spacial score (nSPS) is 24.6. The average molecular weight is 411 g/mol. The third kappa shape index (κ3) is 3.29. The molecule has 2 N–H and O–H groups in total. The second-order valence-corrected chi connectivity index (χ2v) is 8.99. The van der Waals surface area contributed by atoms with Crippen molar-refractivity contribution in [1.82, 2.24) is 19.6 Å². The molecule has 1 aromatic rings. The molecule has 3 heterocycles. The number of hydrogen-bond acceptors (Lipinski definition) is 9. The number of hydrogen-bond donors (Lipinski definition) is 2. The molecule has 0 radical (unpaired) electrons. The van der Waals surface area contributed by atoms with E-state index in [0.29, 0.717) is 15.1 Å². The van der Waals surface area contributed by atoms with Crippen LogP contribution in [0.3, 0.4) is 0 Å². The molecule has 3 atom stereocenters. The summed E-state index contributed by atoms with van der Waals surface area (Å²) in [7, 11) is 0. The van der Waals surface area contributed by atoms with E-state index in [1.165, 1.54) is 40.0 Å². The summed E-state index contributed by atoms with van der Waals surface area (Å²) in [4.78, 5) is 41.8. The summed E-state index contributed by atoms with van der Waals surface area (Å²) >= 11 is 3.75. The van der Waals surface area contributed by atoms with Crippen molar-refractivity contribution in [1.29, 1.82) is 5.26 Å². The third-order valence-electron chi connectivity index (χ3n) is 3.70. The topological polar surface area (TPSA) is 136 Å². The fourth-order valence-corrected chi connectivity index (χ4v) is 6.01. The second kappa shape index (κ2) is 7.26. The number of carboxylic acid groups (broad SMARTS) is 1. The Morgan fingerprint density at radius 2 is 2.23 bits per heavy atom. The Balaban J connectivity index is 1.88. The van der Waals surface area contributed by atoms with Crippen LogP contribution in [0, 0.1) is 18.3 Å². The molecule has 2 aliphatic rings. The molecular formula is C14H13N5O4S3. The highest BCUT2D eigenvalue weighted by molar-refractivity contribution is 8.07. The molecule has 2 unspecified atom stereocenters. The summed E-state index contributed by atoms with van der Waals surface area (Å²) in [6.07, 6.45) is -0.351. The van der Waals surface area contributed by atoms with Crippen LogP contribution < -0.4 is 5.32 Å². The van der Waals surface area contributed by atoms with Gasteiger partial charge < -0.3 is 10.4 Å². The van der Waals surface area contributed by atoms with Gasteiger partial charge in [0.05, 0.1) is 6.07 Å². The van der Waals surface area contributed by atoms with E-state index in [4.69, 9.17) is 5.26 Å². The Morgan fingerprint density at radius 3 is 2.81 bits per heavy atom. The van der Waals surface area contributed by atoms with Crippen LogP contribution in [0.2, 0.25) is 0 Å². The molecule has 0 saturated carbocycles. The van der Waals surface area contributed by atoms with Gasteiger partial charge in [0, 0.05) is 10.2 Å². The van der Waals surface area contributed by atoms with E-state index in [1.54, 1.807) is 13.0 Å². The smallest absolute Gasteiger partial charge is 0.353 e. The van der Waals surface area contributed by atoms with Crippen molar-refractivity contribution in [2.24, 2.45) is 0 Å². The van der Waals surface area contributed by atoms with E-state index in [0.717, 1.165) is 0 Å². The minimum absolute atomic E-state index is 0.0881. The highest BCUT2D eigenvalue weighted by Crippen LogP contribution is 2.49. The molecule has 2 amide bonds. The molecule has 136 valence electrons. The number of carbonyl (C=O) groups excluding carboxylic acids is 2. The van der Waals surface area contributed by atoms with E-state index in [2.05, 4.69) is 14.7 Å². The lowest BCUT2D eigenvalue weighted by atomic mass is 10.0. The minimum Gasteiger partial charge on any atom is -0.477 e. The number of carboxylic acids is 1. The molecule has 1 saturated heterocycles. The van der Waals surface area contributed by atoms with Crippen molar-refractivity contribution in [3.05, 3.63) is 16.4 Å². The van der Waals surface area contributed by atoms with Gasteiger partial charge in [-0.2, -0.15) is 9.64 Å². The first kappa shape index (κ1) is 18.7. The molecule has 0 aromatic carbocycles. The molecule has 2 aliphatic heterocycles. The summed E-state index contributed by atoms with van der Waals surface area (Å²) < 4.78 is 4.69. The van der Waals surface area contributed by atoms with Gasteiger partial charge in [-0.15, -0.1) is 11.8 Å². The first-order valence-corrected chi connectivity index (χ1v) is 9.97. The number of β-lactam (4-membered cyclic amide) rings is 1. The number of amides is 2. The number of nitriles is 1. The maximum absolute atomic E-state index is 12.4. The van der Waals surface area contributed by atoms with Gasteiger partial charge in [0.1, 0.15) is 29.4 Å². The van der Waals surface area contributed by atoms with Gasteiger partial charge in [-0.1, -0.05) is 11.8 Å². The van der Waals surface area contributed by atoms with Gasteiger partial charge in [0.2, 0.25) is 5.91 Å². The Hall–Kier alpha value is -2.10. The standard InChI is InChI=1S/C14H13N5O4S3/c1-5-10(25-14-16-6(2)18-26-14)9(13(22)23)19-11(21)8(12(19)24-5)17-7(20)3-4-15/h5,8,12H,3H2,1-2H3,(H,17,20)(H,22,23)/t5?,8?,12-/m1/s1. The van der Waals surface area contributed by atoms with Crippen molar-refractivity contribution in [3.8, 4) is 6.07 Å². The molecule has 0 spiro atoms. The van der Waals surface area contributed by atoms with Crippen LogP contribution in [-0.2, 0) is 14.4 Å². The highest BCUT2D eigenvalue weighted by atomic mass is 32.2. The van der Waals surface area contributed by atoms with E-state index in [1.807, 2.05) is 6.92 Å². The van der Waals surface area contributed by atoms with E-state index in [9.17, 15) is 19.5 Å². The molecule has 1 aromatic heterocycles. The molecule has 9 nitrogen and oxygen atoms in total. The second-order valence-electron chi connectivity index (χ2n) is 5.48. The predicted molar refractivity (Wildman–Crippen MR) is 95.0 cm³/mol. The molecule has 0 bridgehead atoms. The van der Waals surface area contributed by atoms with Crippen molar-refractivity contribution in [2.75, 3.05) is 0 Å². The Morgan fingerprint density at radius 1 is 1.50 bits per heavy atom. The monoisotopic (exact) mass is 411 g/mol. The van der Waals surface area contributed by atoms with Gasteiger partial charge in [-0.25, -0.2) is 9.78 Å². The number of aryl methyl sites for hydroxylation is 1. The van der Waals surface area contributed by atoms with Crippen LogP contribution in [0.4, 0.5) is 0 Å². The van der Waals surface area contributed by atoms with E-state index in [-0.39, 0.29) is 17.4 Å². The van der Waals surface area contributed by atoms with Crippen LogP contribution in [0.25, 0.3) is 0 Å². The van der Waals surface area contributed by atoms with Gasteiger partial charge in [0.25, 0.3) is 5.91 Å². The van der Waals surface area contributed by atoms with Gasteiger partial charge in [-0.3, -0.25) is 14.5 Å². The lowest BCUT2D eigenvalue weighted by Gasteiger charge is -2.50. The predicted octanol–water partition coefficient (Wildman–Crippen LogP) is 0.937. The largest absolute Gasteiger partial charge is 0.477 e. The van der Waals surface area contributed by atoms with E-state index < -0.39 is 29.2 Å². The van der Waals surface area contributed by atoms with Crippen LogP contribution >= 0.6 is 35.1 Å². The maximum Gasteiger partial charge on any atom is 0.353 e. The summed E-state index contributed by atoms with van der Waals surface area (Å²) in [6.45, 7) is 3.59. The zero-order chi connectivity index (χ0) is 19.0. The lowest BCUT2D eigenvalue weighted by Crippen LogP contribution is -2.71. The molecular weight excluding hydrogens is 398 g/mol. The van der Waals surface area contributed by atoms with Crippen LogP contribution in [0.15, 0.2) is 14.9 Å². The summed E-state index contributed by atoms with van der Waals surface area (Å²) in [5.41, 5.74) is -0.0881. The first-order chi connectivity index (χ1) is 12.3. The first-order valence-electron chi connectivity index (χ1n) is 7.44. The maximum atomic E-state index is 12.4. The third-order valence-corrected chi connectivity index (χ3v) is 7.36. The molecule has 1 fully saturated rings. The number of fused-ring (bicyclic) bond motifs is 1. The number of aliphatic carboxylic acids is 1. The van der Waals surface area contributed by atoms with Crippen LogP contribution in [0.5, 0.6) is 0 Å². The number of rotatable bonds is 5. The highest BCUT2D eigenvalue weighted by Gasteiger charge is 2.55. The summed E-state index contributed by atoms with van der Waals surface area (Å²) in [6, 6.07) is 0.892. The van der Waals surface area contributed by atoms with E-state index >= 15 is 0 Å². The van der Waals surface area contributed by atoms with Gasteiger partial charge in [0.15, 0.2) is 4.34 Å². The zero-order valence-electron chi connectivity index (χ0n) is 13.6. The summed E-state index contributed by atoms with van der Waals surface area (Å²) in [5, 5.41) is 20.0. The zero-order valence-corrected chi connectivity index (χ0v) is 16.1. The minimum atomic E-state index is -1.21. The van der Waals surface area contributed by atoms with Crippen LogP contribution in [-0.4, -0.2) is 53.8 Å². The summed E-state index contributed by atoms with van der Waals surface area (Å²) in [5.74, 6) is -1.65. The number of nitrogens with zero attached hydrogens (tertiary/aromatic N) is 4. The van der Waals surface area contributed by atoms with Crippen LogP contribution in [0.1, 0.15) is 19.2 Å². The number of aromatic nitrogens is 2. The fourth-order valence-electron chi connectivity index (χ4n) is 2.61. The van der Waals surface area contributed by atoms with Gasteiger partial charge >= 0.3 is 5.97 Å². The average Bonchev–Trinajstić information content (AvgIpc) is 2.99. The SMILES string of the molecule is Cc1nsc(SC2=C(C(=O)O)N3C(=O)C(NC(=O)CC#N)[C@H]3SC2C)n1. The number of thioether (sulfide) groups is 2.